The molecule has 0 aliphatic carbocycles. The molecule has 0 unspecified atom stereocenters. The molecule has 1 aliphatic rings. The van der Waals surface area contributed by atoms with Crippen molar-refractivity contribution >= 4 is 17.6 Å². The third-order valence-corrected chi connectivity index (χ3v) is 4.47. The number of carbonyl (C=O) groups is 2. The standard InChI is InChI=1S/C21H23NO4/c1-4-25-21(24)16-9-11-18(12-10-16)26-15(3)20(23)22-14(2)13-17-7-5-6-8-19(17)22/h5-12,14-15H,4,13H2,1-3H3/t14-,15-/m1/s1. The van der Waals surface area contributed by atoms with E-state index < -0.39 is 6.10 Å². The maximum Gasteiger partial charge on any atom is 0.338 e. The van der Waals surface area contributed by atoms with Crippen LogP contribution in [0.25, 0.3) is 0 Å². The Bertz CT molecular complexity index is 800. The highest BCUT2D eigenvalue weighted by Crippen LogP contribution is 2.32. The van der Waals surface area contributed by atoms with Crippen LogP contribution in [0, 0.1) is 0 Å². The number of benzene rings is 2. The number of hydrogen-bond donors (Lipinski definition) is 0. The fourth-order valence-corrected chi connectivity index (χ4v) is 3.24. The normalized spacial score (nSPS) is 16.7. The molecule has 26 heavy (non-hydrogen) atoms. The van der Waals surface area contributed by atoms with Gasteiger partial charge in [0.2, 0.25) is 0 Å². The summed E-state index contributed by atoms with van der Waals surface area (Å²) in [5.41, 5.74) is 2.60. The molecule has 0 aromatic heterocycles. The van der Waals surface area contributed by atoms with Crippen molar-refractivity contribution in [3.05, 3.63) is 59.7 Å². The molecule has 2 atom stereocenters. The predicted octanol–water partition coefficient (Wildman–Crippen LogP) is 3.61. The lowest BCUT2D eigenvalue weighted by atomic mass is 10.1. The van der Waals surface area contributed by atoms with Gasteiger partial charge < -0.3 is 14.4 Å². The minimum Gasteiger partial charge on any atom is -0.481 e. The van der Waals surface area contributed by atoms with E-state index in [0.717, 1.165) is 12.1 Å². The number of hydrogen-bond acceptors (Lipinski definition) is 4. The average Bonchev–Trinajstić information content (AvgIpc) is 2.97. The highest BCUT2D eigenvalue weighted by Gasteiger charge is 2.33. The average molecular weight is 353 g/mol. The quantitative estimate of drug-likeness (QED) is 0.771. The first-order valence-corrected chi connectivity index (χ1v) is 8.86. The molecule has 0 saturated heterocycles. The highest BCUT2D eigenvalue weighted by molar-refractivity contribution is 5.99. The number of ether oxygens (including phenoxy) is 2. The first-order chi connectivity index (χ1) is 12.5. The van der Waals surface area contributed by atoms with Gasteiger partial charge in [-0.25, -0.2) is 4.79 Å². The van der Waals surface area contributed by atoms with Crippen LogP contribution in [0.1, 0.15) is 36.7 Å². The van der Waals surface area contributed by atoms with Crippen molar-refractivity contribution in [1.82, 2.24) is 0 Å². The van der Waals surface area contributed by atoms with Crippen LogP contribution in [0.2, 0.25) is 0 Å². The van der Waals surface area contributed by atoms with Gasteiger partial charge in [0.15, 0.2) is 6.10 Å². The number of nitrogens with zero attached hydrogens (tertiary/aromatic N) is 1. The molecule has 1 amide bonds. The molecular formula is C21H23NO4. The molecule has 3 rings (SSSR count). The van der Waals surface area contributed by atoms with Crippen LogP contribution in [-0.4, -0.2) is 30.6 Å². The largest absolute Gasteiger partial charge is 0.481 e. The maximum atomic E-state index is 12.9. The molecule has 0 N–H and O–H groups in total. The molecule has 2 aromatic rings. The summed E-state index contributed by atoms with van der Waals surface area (Å²) in [5.74, 6) is 0.0987. The topological polar surface area (TPSA) is 55.8 Å². The zero-order valence-corrected chi connectivity index (χ0v) is 15.3. The number of rotatable bonds is 5. The number of esters is 1. The summed E-state index contributed by atoms with van der Waals surface area (Å²) in [5, 5.41) is 0. The van der Waals surface area contributed by atoms with E-state index in [9.17, 15) is 9.59 Å². The number of carbonyl (C=O) groups excluding carboxylic acids is 2. The van der Waals surface area contributed by atoms with Gasteiger partial charge in [-0.2, -0.15) is 0 Å². The van der Waals surface area contributed by atoms with Crippen molar-refractivity contribution in [3.63, 3.8) is 0 Å². The summed E-state index contributed by atoms with van der Waals surface area (Å²) in [6.45, 7) is 5.88. The van der Waals surface area contributed by atoms with E-state index in [1.165, 1.54) is 5.56 Å². The van der Waals surface area contributed by atoms with E-state index in [0.29, 0.717) is 17.9 Å². The molecule has 136 valence electrons. The van der Waals surface area contributed by atoms with Crippen molar-refractivity contribution in [2.75, 3.05) is 11.5 Å². The van der Waals surface area contributed by atoms with Crippen molar-refractivity contribution in [2.24, 2.45) is 0 Å². The summed E-state index contributed by atoms with van der Waals surface area (Å²) in [4.78, 5) is 26.4. The van der Waals surface area contributed by atoms with Gasteiger partial charge in [0.1, 0.15) is 5.75 Å². The lowest BCUT2D eigenvalue weighted by Gasteiger charge is -2.26. The van der Waals surface area contributed by atoms with Gasteiger partial charge >= 0.3 is 5.97 Å². The molecule has 5 nitrogen and oxygen atoms in total. The Hall–Kier alpha value is -2.82. The number of para-hydroxylation sites is 1. The van der Waals surface area contributed by atoms with E-state index in [1.807, 2.05) is 30.0 Å². The zero-order chi connectivity index (χ0) is 18.7. The molecular weight excluding hydrogens is 330 g/mol. The van der Waals surface area contributed by atoms with Gasteiger partial charge in [-0.1, -0.05) is 18.2 Å². The summed E-state index contributed by atoms with van der Waals surface area (Å²) in [6.07, 6.45) is 0.222. The van der Waals surface area contributed by atoms with Crippen LogP contribution in [0.3, 0.4) is 0 Å². The lowest BCUT2D eigenvalue weighted by Crippen LogP contribution is -2.43. The maximum absolute atomic E-state index is 12.9. The summed E-state index contributed by atoms with van der Waals surface area (Å²) in [6, 6.07) is 14.7. The van der Waals surface area contributed by atoms with Crippen LogP contribution in [0.4, 0.5) is 5.69 Å². The van der Waals surface area contributed by atoms with E-state index in [2.05, 4.69) is 6.07 Å². The monoisotopic (exact) mass is 353 g/mol. The molecule has 0 spiro atoms. The third-order valence-electron chi connectivity index (χ3n) is 4.47. The smallest absolute Gasteiger partial charge is 0.338 e. The van der Waals surface area contributed by atoms with Crippen LogP contribution in [0.15, 0.2) is 48.5 Å². The van der Waals surface area contributed by atoms with Crippen LogP contribution < -0.4 is 9.64 Å². The summed E-state index contributed by atoms with van der Waals surface area (Å²) >= 11 is 0. The Morgan fingerprint density at radius 1 is 1.15 bits per heavy atom. The number of anilines is 1. The molecule has 2 aromatic carbocycles. The molecule has 5 heteroatoms. The minimum absolute atomic E-state index is 0.0723. The van der Waals surface area contributed by atoms with Crippen molar-refractivity contribution in [1.29, 1.82) is 0 Å². The van der Waals surface area contributed by atoms with Crippen LogP contribution in [-0.2, 0) is 16.0 Å². The third kappa shape index (κ3) is 3.57. The van der Waals surface area contributed by atoms with E-state index >= 15 is 0 Å². The second-order valence-electron chi connectivity index (χ2n) is 6.40. The lowest BCUT2D eigenvalue weighted by molar-refractivity contribution is -0.124. The fourth-order valence-electron chi connectivity index (χ4n) is 3.24. The zero-order valence-electron chi connectivity index (χ0n) is 15.3. The first-order valence-electron chi connectivity index (χ1n) is 8.86. The molecule has 0 bridgehead atoms. The molecule has 1 aliphatic heterocycles. The van der Waals surface area contributed by atoms with Crippen LogP contribution in [0.5, 0.6) is 5.75 Å². The fraction of sp³-hybridized carbons (Fsp3) is 0.333. The first kappa shape index (κ1) is 18.0. The second-order valence-corrected chi connectivity index (χ2v) is 6.40. The second kappa shape index (κ2) is 7.60. The number of fused-ring (bicyclic) bond motifs is 1. The summed E-state index contributed by atoms with van der Waals surface area (Å²) in [7, 11) is 0. The molecule has 0 radical (unpaired) electrons. The van der Waals surface area contributed by atoms with Gasteiger partial charge in [0.25, 0.3) is 5.91 Å². The highest BCUT2D eigenvalue weighted by atomic mass is 16.5. The predicted molar refractivity (Wildman–Crippen MR) is 99.6 cm³/mol. The van der Waals surface area contributed by atoms with Crippen molar-refractivity contribution in [2.45, 2.75) is 39.3 Å². The van der Waals surface area contributed by atoms with Gasteiger partial charge in [-0.05, 0) is 63.1 Å². The Labute approximate surface area is 153 Å². The Morgan fingerprint density at radius 2 is 1.85 bits per heavy atom. The van der Waals surface area contributed by atoms with Crippen molar-refractivity contribution in [3.8, 4) is 5.75 Å². The van der Waals surface area contributed by atoms with E-state index in [1.54, 1.807) is 38.1 Å². The van der Waals surface area contributed by atoms with E-state index in [-0.39, 0.29) is 17.9 Å². The number of amides is 1. The van der Waals surface area contributed by atoms with Gasteiger partial charge in [0.05, 0.1) is 12.2 Å². The van der Waals surface area contributed by atoms with Crippen molar-refractivity contribution < 1.29 is 19.1 Å². The Balaban J connectivity index is 1.69. The molecule has 1 heterocycles. The minimum atomic E-state index is -0.628. The molecule has 0 saturated carbocycles. The molecule has 0 fully saturated rings. The van der Waals surface area contributed by atoms with Gasteiger partial charge in [-0.15, -0.1) is 0 Å². The Kier molecular flexibility index (Phi) is 5.26. The summed E-state index contributed by atoms with van der Waals surface area (Å²) < 4.78 is 10.8. The van der Waals surface area contributed by atoms with Gasteiger partial charge in [-0.3, -0.25) is 4.79 Å². The van der Waals surface area contributed by atoms with Crippen LogP contribution >= 0.6 is 0 Å². The van der Waals surface area contributed by atoms with E-state index in [4.69, 9.17) is 9.47 Å². The SMILES string of the molecule is CCOC(=O)c1ccc(O[C@H](C)C(=O)N2c3ccccc3C[C@H]2C)cc1. The van der Waals surface area contributed by atoms with Gasteiger partial charge in [0, 0.05) is 11.7 Å². The Morgan fingerprint density at radius 3 is 2.54 bits per heavy atom.